The lowest BCUT2D eigenvalue weighted by Gasteiger charge is -2.39. The molecule has 0 bridgehead atoms. The smallest absolute Gasteiger partial charge is 0.315 e. The van der Waals surface area contributed by atoms with Crippen molar-refractivity contribution in [1.82, 2.24) is 10.6 Å². The molecule has 0 aliphatic heterocycles. The molecule has 1 aliphatic rings. The molecule has 1 saturated carbocycles. The molecule has 3 nitrogen and oxygen atoms in total. The Morgan fingerprint density at radius 3 is 2.53 bits per heavy atom. The first-order valence-electron chi connectivity index (χ1n) is 7.05. The lowest BCUT2D eigenvalue weighted by atomic mass is 9.79. The van der Waals surface area contributed by atoms with Crippen molar-refractivity contribution in [2.75, 3.05) is 0 Å². The van der Waals surface area contributed by atoms with Crippen molar-refractivity contribution in [1.29, 1.82) is 0 Å². The van der Waals surface area contributed by atoms with Crippen LogP contribution in [0.15, 0.2) is 18.2 Å². The van der Waals surface area contributed by atoms with Gasteiger partial charge in [0.2, 0.25) is 0 Å². The van der Waals surface area contributed by atoms with Gasteiger partial charge in [0.1, 0.15) is 0 Å². The summed E-state index contributed by atoms with van der Waals surface area (Å²) >= 11 is 0. The lowest BCUT2D eigenvalue weighted by molar-refractivity contribution is 0.189. The van der Waals surface area contributed by atoms with E-state index in [0.717, 1.165) is 12.8 Å². The third-order valence-corrected chi connectivity index (χ3v) is 4.11. The van der Waals surface area contributed by atoms with E-state index in [-0.39, 0.29) is 17.6 Å². The Morgan fingerprint density at radius 1 is 1.32 bits per heavy atom. The summed E-state index contributed by atoms with van der Waals surface area (Å²) < 4.78 is 0. The highest BCUT2D eigenvalue weighted by Gasteiger charge is 2.33. The first-order chi connectivity index (χ1) is 8.89. The van der Waals surface area contributed by atoms with Gasteiger partial charge < -0.3 is 10.6 Å². The molecule has 2 rings (SSSR count). The minimum absolute atomic E-state index is 0.00608. The van der Waals surface area contributed by atoms with E-state index in [1.807, 2.05) is 6.92 Å². The Hall–Kier alpha value is -1.51. The number of benzene rings is 1. The third-order valence-electron chi connectivity index (χ3n) is 4.11. The van der Waals surface area contributed by atoms with Crippen molar-refractivity contribution >= 4 is 6.03 Å². The quantitative estimate of drug-likeness (QED) is 0.856. The highest BCUT2D eigenvalue weighted by atomic mass is 16.2. The summed E-state index contributed by atoms with van der Waals surface area (Å²) in [5, 5.41) is 6.10. The van der Waals surface area contributed by atoms with Gasteiger partial charge in [0.05, 0.1) is 6.04 Å². The van der Waals surface area contributed by atoms with Gasteiger partial charge in [0.15, 0.2) is 0 Å². The topological polar surface area (TPSA) is 41.1 Å². The van der Waals surface area contributed by atoms with E-state index >= 15 is 0 Å². The summed E-state index contributed by atoms with van der Waals surface area (Å²) in [6.45, 7) is 8.31. The van der Waals surface area contributed by atoms with Crippen molar-refractivity contribution in [3.63, 3.8) is 0 Å². The molecule has 1 aromatic carbocycles. The van der Waals surface area contributed by atoms with E-state index in [1.54, 1.807) is 0 Å². The molecule has 104 valence electrons. The van der Waals surface area contributed by atoms with Crippen LogP contribution in [0.4, 0.5) is 4.79 Å². The Balaban J connectivity index is 1.96. The monoisotopic (exact) mass is 260 g/mol. The molecule has 1 fully saturated rings. The Labute approximate surface area is 115 Å². The summed E-state index contributed by atoms with van der Waals surface area (Å²) in [6, 6.07) is 6.31. The number of aryl methyl sites for hydroxylation is 2. The van der Waals surface area contributed by atoms with Gasteiger partial charge >= 0.3 is 6.03 Å². The van der Waals surface area contributed by atoms with Crippen molar-refractivity contribution in [3.05, 3.63) is 34.9 Å². The van der Waals surface area contributed by atoms with Crippen LogP contribution in [0.3, 0.4) is 0 Å². The van der Waals surface area contributed by atoms with Crippen molar-refractivity contribution < 1.29 is 4.79 Å². The molecule has 0 aromatic heterocycles. The zero-order chi connectivity index (χ0) is 14.0. The molecule has 0 unspecified atom stereocenters. The standard InChI is InChI=1S/C16H24N2O/c1-11-6-7-14(12(2)10-11)13(3)17-15(19)18-16(4)8-5-9-16/h6-7,10,13H,5,8-9H2,1-4H3,(H2,17,18,19)/t13-/m0/s1. The highest BCUT2D eigenvalue weighted by Crippen LogP contribution is 2.30. The minimum Gasteiger partial charge on any atom is -0.333 e. The summed E-state index contributed by atoms with van der Waals surface area (Å²) in [5.74, 6) is 0. The van der Waals surface area contributed by atoms with E-state index in [9.17, 15) is 4.79 Å². The van der Waals surface area contributed by atoms with Crippen molar-refractivity contribution in [3.8, 4) is 0 Å². The Morgan fingerprint density at radius 2 is 2.00 bits per heavy atom. The largest absolute Gasteiger partial charge is 0.333 e. The van der Waals surface area contributed by atoms with Gasteiger partial charge in [-0.25, -0.2) is 4.79 Å². The van der Waals surface area contributed by atoms with Gasteiger partial charge in [-0.2, -0.15) is 0 Å². The van der Waals surface area contributed by atoms with Crippen LogP contribution in [0.25, 0.3) is 0 Å². The van der Waals surface area contributed by atoms with Crippen LogP contribution in [-0.2, 0) is 0 Å². The summed E-state index contributed by atoms with van der Waals surface area (Å²) in [4.78, 5) is 12.0. The van der Waals surface area contributed by atoms with E-state index < -0.39 is 0 Å². The fraction of sp³-hybridized carbons (Fsp3) is 0.562. The van der Waals surface area contributed by atoms with Crippen LogP contribution in [0.2, 0.25) is 0 Å². The number of rotatable bonds is 3. The van der Waals surface area contributed by atoms with E-state index in [4.69, 9.17) is 0 Å². The zero-order valence-electron chi connectivity index (χ0n) is 12.3. The summed E-state index contributed by atoms with van der Waals surface area (Å²) in [7, 11) is 0. The Bertz CT molecular complexity index is 478. The first kappa shape index (κ1) is 13.9. The van der Waals surface area contributed by atoms with Gasteiger partial charge in [0, 0.05) is 5.54 Å². The first-order valence-corrected chi connectivity index (χ1v) is 7.05. The van der Waals surface area contributed by atoms with Gasteiger partial charge in [0.25, 0.3) is 0 Å². The van der Waals surface area contributed by atoms with E-state index in [1.165, 1.54) is 23.1 Å². The fourth-order valence-corrected chi connectivity index (χ4v) is 2.73. The van der Waals surface area contributed by atoms with Crippen LogP contribution in [0.5, 0.6) is 0 Å². The molecule has 0 heterocycles. The maximum absolute atomic E-state index is 12.0. The maximum atomic E-state index is 12.0. The van der Waals surface area contributed by atoms with E-state index in [2.05, 4.69) is 49.6 Å². The van der Waals surface area contributed by atoms with Crippen molar-refractivity contribution in [2.45, 2.75) is 58.5 Å². The Kier molecular flexibility index (Phi) is 3.83. The number of hydrogen-bond acceptors (Lipinski definition) is 1. The van der Waals surface area contributed by atoms with Gasteiger partial charge in [-0.3, -0.25) is 0 Å². The van der Waals surface area contributed by atoms with Gasteiger partial charge in [-0.1, -0.05) is 23.8 Å². The minimum atomic E-state index is -0.0605. The van der Waals surface area contributed by atoms with Crippen LogP contribution in [0, 0.1) is 13.8 Å². The number of urea groups is 1. The van der Waals surface area contributed by atoms with Crippen LogP contribution < -0.4 is 10.6 Å². The molecule has 0 spiro atoms. The molecule has 1 atom stereocenters. The second-order valence-corrected chi connectivity index (χ2v) is 6.09. The second-order valence-electron chi connectivity index (χ2n) is 6.09. The van der Waals surface area contributed by atoms with Crippen LogP contribution in [0.1, 0.15) is 55.8 Å². The molecule has 19 heavy (non-hydrogen) atoms. The molecule has 2 amide bonds. The van der Waals surface area contributed by atoms with Crippen LogP contribution in [-0.4, -0.2) is 11.6 Å². The van der Waals surface area contributed by atoms with E-state index in [0.29, 0.717) is 0 Å². The maximum Gasteiger partial charge on any atom is 0.315 e. The zero-order valence-corrected chi connectivity index (χ0v) is 12.3. The summed E-state index contributed by atoms with van der Waals surface area (Å²) in [5.41, 5.74) is 3.66. The predicted molar refractivity (Wildman–Crippen MR) is 78.3 cm³/mol. The highest BCUT2D eigenvalue weighted by molar-refractivity contribution is 5.75. The molecule has 2 N–H and O–H groups in total. The number of carbonyl (C=O) groups is 1. The molecule has 1 aromatic rings. The van der Waals surface area contributed by atoms with Crippen molar-refractivity contribution in [2.24, 2.45) is 0 Å². The second kappa shape index (κ2) is 5.24. The molecular weight excluding hydrogens is 236 g/mol. The number of carbonyl (C=O) groups excluding carboxylic acids is 1. The lowest BCUT2D eigenvalue weighted by Crippen LogP contribution is -2.54. The predicted octanol–water partition coefficient (Wildman–Crippen LogP) is 3.61. The summed E-state index contributed by atoms with van der Waals surface area (Å²) in [6.07, 6.45) is 3.38. The normalized spacial score (nSPS) is 18.3. The van der Waals surface area contributed by atoms with Gasteiger partial charge in [-0.15, -0.1) is 0 Å². The fourth-order valence-electron chi connectivity index (χ4n) is 2.73. The third kappa shape index (κ3) is 3.28. The molecule has 0 saturated heterocycles. The number of amides is 2. The molecular formula is C16H24N2O. The van der Waals surface area contributed by atoms with Crippen LogP contribution >= 0.6 is 0 Å². The SMILES string of the molecule is Cc1ccc([C@H](C)NC(=O)NC2(C)CCC2)c(C)c1. The molecule has 0 radical (unpaired) electrons. The molecule has 1 aliphatic carbocycles. The average molecular weight is 260 g/mol. The average Bonchev–Trinajstić information content (AvgIpc) is 2.26. The number of nitrogens with one attached hydrogen (secondary N) is 2. The number of hydrogen-bond donors (Lipinski definition) is 2. The molecule has 3 heteroatoms. The van der Waals surface area contributed by atoms with Gasteiger partial charge in [-0.05, 0) is 58.1 Å².